The van der Waals surface area contributed by atoms with Gasteiger partial charge in [-0.15, -0.1) is 0 Å². The van der Waals surface area contributed by atoms with Crippen molar-refractivity contribution in [3.05, 3.63) is 148 Å². The Labute approximate surface area is 280 Å². The second-order valence-electron chi connectivity index (χ2n) is 11.0. The van der Waals surface area contributed by atoms with Gasteiger partial charge in [0.2, 0.25) is 0 Å². The van der Waals surface area contributed by atoms with Gasteiger partial charge >= 0.3 is 0 Å². The summed E-state index contributed by atoms with van der Waals surface area (Å²) >= 11 is 0. The fourth-order valence-corrected chi connectivity index (χ4v) is 5.66. The lowest BCUT2D eigenvalue weighted by Gasteiger charge is -2.26. The Hall–Kier alpha value is -5.93. The van der Waals surface area contributed by atoms with Crippen molar-refractivity contribution in [2.24, 2.45) is 0 Å². The molecule has 52 heavy (non-hydrogen) atoms. The van der Waals surface area contributed by atoms with Crippen LogP contribution in [0.3, 0.4) is 0 Å². The highest BCUT2D eigenvalue weighted by Crippen LogP contribution is 2.56. The van der Waals surface area contributed by atoms with E-state index in [1.165, 1.54) is 0 Å². The lowest BCUT2D eigenvalue weighted by atomic mass is 9.77. The monoisotopic (exact) mass is 744 g/mol. The topological polar surface area (TPSA) is 20.2 Å². The molecule has 266 valence electrons. The van der Waals surface area contributed by atoms with Crippen LogP contribution in [0, 0.1) is 87.3 Å². The SMILES string of the molecule is Oc1c(-c2cc(F)c(F)c(F)c2)c(-c2cc(F)c(F)c(F)c2)c(-c2cc(F)c(F)c(F)c2)c(-c2cc(F)c(F)c(F)c2)c1-c1cc(F)c(F)c(F)c1. The van der Waals surface area contributed by atoms with Crippen molar-refractivity contribution in [3.8, 4) is 61.4 Å². The highest BCUT2D eigenvalue weighted by atomic mass is 19.2. The van der Waals surface area contributed by atoms with Crippen molar-refractivity contribution >= 4 is 0 Å². The molecule has 0 spiro atoms. The van der Waals surface area contributed by atoms with Crippen molar-refractivity contribution in [3.63, 3.8) is 0 Å². The summed E-state index contributed by atoms with van der Waals surface area (Å²) in [5.41, 5.74) is -10.7. The summed E-state index contributed by atoms with van der Waals surface area (Å²) < 4.78 is 219. The first-order chi connectivity index (χ1) is 24.4. The highest BCUT2D eigenvalue weighted by molar-refractivity contribution is 6.10. The molecule has 6 aromatic carbocycles. The van der Waals surface area contributed by atoms with Gasteiger partial charge in [-0.05, 0) is 94.0 Å². The van der Waals surface area contributed by atoms with Crippen molar-refractivity contribution in [1.82, 2.24) is 0 Å². The lowest BCUT2D eigenvalue weighted by molar-refractivity contribution is 0.446. The van der Waals surface area contributed by atoms with Crippen LogP contribution in [-0.2, 0) is 0 Å². The van der Waals surface area contributed by atoms with Gasteiger partial charge in [0.1, 0.15) is 5.75 Å². The van der Waals surface area contributed by atoms with E-state index >= 15 is 0 Å². The van der Waals surface area contributed by atoms with Crippen LogP contribution in [0.1, 0.15) is 0 Å². The van der Waals surface area contributed by atoms with Gasteiger partial charge in [-0.25, -0.2) is 65.9 Å². The number of benzene rings is 6. The third kappa shape index (κ3) is 5.86. The zero-order chi connectivity index (χ0) is 38.1. The molecule has 0 radical (unpaired) electrons. The summed E-state index contributed by atoms with van der Waals surface area (Å²) in [6, 6.07) is 1.50. The number of phenolic OH excluding ortho intramolecular Hbond substituents is 1. The van der Waals surface area contributed by atoms with Crippen LogP contribution in [0.4, 0.5) is 65.9 Å². The van der Waals surface area contributed by atoms with Gasteiger partial charge in [-0.1, -0.05) is 0 Å². The Bertz CT molecular complexity index is 2240. The number of halogens is 15. The maximum absolute atomic E-state index is 14.9. The summed E-state index contributed by atoms with van der Waals surface area (Å²) in [7, 11) is 0. The van der Waals surface area contributed by atoms with E-state index < -0.39 is 149 Å². The molecule has 1 N–H and O–H groups in total. The molecule has 0 saturated heterocycles. The maximum Gasteiger partial charge on any atom is 0.194 e. The van der Waals surface area contributed by atoms with E-state index in [0.29, 0.717) is 0 Å². The van der Waals surface area contributed by atoms with Crippen molar-refractivity contribution in [2.45, 2.75) is 0 Å². The van der Waals surface area contributed by atoms with Crippen LogP contribution in [0.2, 0.25) is 0 Å². The zero-order valence-corrected chi connectivity index (χ0v) is 24.9. The molecule has 1 nitrogen and oxygen atoms in total. The van der Waals surface area contributed by atoms with Gasteiger partial charge in [-0.3, -0.25) is 0 Å². The first kappa shape index (κ1) is 35.9. The van der Waals surface area contributed by atoms with E-state index in [4.69, 9.17) is 0 Å². The van der Waals surface area contributed by atoms with Crippen LogP contribution in [0.15, 0.2) is 60.7 Å². The lowest BCUT2D eigenvalue weighted by Crippen LogP contribution is -2.04. The molecule has 0 aliphatic rings. The van der Waals surface area contributed by atoms with E-state index in [2.05, 4.69) is 0 Å². The quantitative estimate of drug-likeness (QED) is 0.138. The van der Waals surface area contributed by atoms with E-state index in [1.807, 2.05) is 0 Å². The second-order valence-corrected chi connectivity index (χ2v) is 11.0. The molecule has 0 atom stereocenters. The first-order valence-electron chi connectivity index (χ1n) is 14.1. The third-order valence-corrected chi connectivity index (χ3v) is 7.84. The van der Waals surface area contributed by atoms with E-state index in [1.54, 1.807) is 0 Å². The number of aromatic hydroxyl groups is 1. The predicted molar refractivity (Wildman–Crippen MR) is 155 cm³/mol. The predicted octanol–water partition coefficient (Wildman–Crippen LogP) is 11.8. The Kier molecular flexibility index (Phi) is 8.97. The molecule has 0 saturated carbocycles. The molecule has 0 aliphatic carbocycles. The minimum absolute atomic E-state index is 0.148. The van der Waals surface area contributed by atoms with Crippen LogP contribution in [0.5, 0.6) is 5.75 Å². The number of hydrogen-bond acceptors (Lipinski definition) is 1. The van der Waals surface area contributed by atoms with Crippen LogP contribution in [0.25, 0.3) is 55.6 Å². The highest BCUT2D eigenvalue weighted by Gasteiger charge is 2.33. The molecular weight excluding hydrogens is 733 g/mol. The van der Waals surface area contributed by atoms with Gasteiger partial charge in [0.25, 0.3) is 0 Å². The molecular formula is C36H11F15O. The summed E-state index contributed by atoms with van der Waals surface area (Å²) in [5.74, 6) is -32.4. The molecule has 6 aromatic rings. The summed E-state index contributed by atoms with van der Waals surface area (Å²) in [6.45, 7) is 0. The smallest absolute Gasteiger partial charge is 0.194 e. The summed E-state index contributed by atoms with van der Waals surface area (Å²) in [5, 5.41) is 11.9. The van der Waals surface area contributed by atoms with Crippen molar-refractivity contribution < 1.29 is 71.0 Å². The Morgan fingerprint density at radius 1 is 0.231 bits per heavy atom. The third-order valence-electron chi connectivity index (χ3n) is 7.84. The molecule has 0 amide bonds. The fourth-order valence-electron chi connectivity index (χ4n) is 5.66. The van der Waals surface area contributed by atoms with Gasteiger partial charge in [-0.2, -0.15) is 0 Å². The second kappa shape index (κ2) is 13.0. The largest absolute Gasteiger partial charge is 0.507 e. The molecule has 0 bridgehead atoms. The normalized spacial score (nSPS) is 11.4. The summed E-state index contributed by atoms with van der Waals surface area (Å²) in [4.78, 5) is 0. The fraction of sp³-hybridized carbons (Fsp3) is 0. The Balaban J connectivity index is 2.02. The van der Waals surface area contributed by atoms with Gasteiger partial charge < -0.3 is 5.11 Å². The number of rotatable bonds is 5. The molecule has 0 heterocycles. The average molecular weight is 744 g/mol. The maximum atomic E-state index is 14.9. The molecule has 16 heteroatoms. The number of phenols is 1. The molecule has 0 fully saturated rings. The van der Waals surface area contributed by atoms with Gasteiger partial charge in [0.05, 0.1) is 0 Å². The van der Waals surface area contributed by atoms with E-state index in [9.17, 15) is 71.0 Å². The molecule has 0 aromatic heterocycles. The van der Waals surface area contributed by atoms with Crippen LogP contribution >= 0.6 is 0 Å². The first-order valence-corrected chi connectivity index (χ1v) is 14.1. The minimum atomic E-state index is -2.14. The average Bonchev–Trinajstić information content (AvgIpc) is 3.08. The standard InChI is InChI=1S/C36H11F15O/c37-16-1-11(2-17(38)31(16)47)26-27(12-3-18(39)32(48)19(40)4-12)29(14-7-22(43)34(50)23(44)8-14)36(52)30(15-9-24(45)35(51)25(46)10-15)28(26)13-5-20(41)33(49)21(42)6-13/h1-10,52H. The van der Waals surface area contributed by atoms with Crippen molar-refractivity contribution in [1.29, 1.82) is 0 Å². The van der Waals surface area contributed by atoms with E-state index in [0.717, 1.165) is 0 Å². The molecule has 6 rings (SSSR count). The molecule has 0 unspecified atom stereocenters. The van der Waals surface area contributed by atoms with Gasteiger partial charge in [0, 0.05) is 22.3 Å². The molecule has 0 aliphatic heterocycles. The summed E-state index contributed by atoms with van der Waals surface area (Å²) in [6.07, 6.45) is 0. The Morgan fingerprint density at radius 2 is 0.365 bits per heavy atom. The van der Waals surface area contributed by atoms with Crippen molar-refractivity contribution in [2.75, 3.05) is 0 Å². The van der Waals surface area contributed by atoms with Gasteiger partial charge in [0.15, 0.2) is 87.3 Å². The number of hydrogen-bond donors (Lipinski definition) is 1. The minimum Gasteiger partial charge on any atom is -0.507 e. The van der Waals surface area contributed by atoms with E-state index in [-0.39, 0.29) is 60.7 Å². The van der Waals surface area contributed by atoms with Crippen LogP contribution in [-0.4, -0.2) is 5.11 Å². The zero-order valence-electron chi connectivity index (χ0n) is 24.9. The van der Waals surface area contributed by atoms with Crippen LogP contribution < -0.4 is 0 Å². The Morgan fingerprint density at radius 3 is 0.538 bits per heavy atom.